The number of fused-ring (bicyclic) bond motifs is 1. The minimum Gasteiger partial charge on any atom is -0.381 e. The number of rotatable bonds is 3. The molecule has 0 aliphatic carbocycles. The van der Waals surface area contributed by atoms with Crippen molar-refractivity contribution >= 4 is 48.3 Å². The van der Waals surface area contributed by atoms with E-state index < -0.39 is 0 Å². The summed E-state index contributed by atoms with van der Waals surface area (Å²) in [7, 11) is 0. The molecule has 0 aliphatic rings. The number of hydrogen-bond acceptors (Lipinski definition) is 1. The first kappa shape index (κ1) is 14.5. The molecular weight excluding hydrogens is 397 g/mol. The van der Waals surface area contributed by atoms with E-state index in [4.69, 9.17) is 0 Å². The van der Waals surface area contributed by atoms with Gasteiger partial charge in [-0.25, -0.2) is 4.39 Å². The third-order valence-electron chi connectivity index (χ3n) is 3.30. The van der Waals surface area contributed by atoms with Gasteiger partial charge in [0.25, 0.3) is 0 Å². The summed E-state index contributed by atoms with van der Waals surface area (Å²) in [5, 5.41) is 5.74. The van der Waals surface area contributed by atoms with Crippen molar-refractivity contribution < 1.29 is 4.39 Å². The summed E-state index contributed by atoms with van der Waals surface area (Å²) in [4.78, 5) is 0. The number of nitrogens with one attached hydrogen (secondary N) is 1. The lowest BCUT2D eigenvalue weighted by molar-refractivity contribution is 0.626. The molecule has 0 spiro atoms. The molecule has 0 amide bonds. The third kappa shape index (κ3) is 3.44. The van der Waals surface area contributed by atoms with E-state index in [0.717, 1.165) is 20.2 Å². The number of anilines is 1. The molecule has 21 heavy (non-hydrogen) atoms. The quantitative estimate of drug-likeness (QED) is 0.550. The normalized spacial score (nSPS) is 10.8. The van der Waals surface area contributed by atoms with Gasteiger partial charge in [-0.15, -0.1) is 0 Å². The summed E-state index contributed by atoms with van der Waals surface area (Å²) in [5.41, 5.74) is 2.06. The molecule has 3 aromatic carbocycles. The molecule has 4 heteroatoms. The third-order valence-corrected chi connectivity index (χ3v) is 4.53. The van der Waals surface area contributed by atoms with E-state index in [0.29, 0.717) is 6.54 Å². The minimum atomic E-state index is -0.234. The molecule has 1 nitrogen and oxygen atoms in total. The Labute approximate surface area is 139 Å². The highest BCUT2D eigenvalue weighted by atomic mass is 79.9. The van der Waals surface area contributed by atoms with Crippen molar-refractivity contribution in [1.29, 1.82) is 0 Å². The van der Waals surface area contributed by atoms with E-state index in [9.17, 15) is 4.39 Å². The Bertz CT molecular complexity index is 802. The number of hydrogen-bond donors (Lipinski definition) is 1. The summed E-state index contributed by atoms with van der Waals surface area (Å²) in [6.07, 6.45) is 0. The van der Waals surface area contributed by atoms with Crippen molar-refractivity contribution in [2.75, 3.05) is 5.32 Å². The van der Waals surface area contributed by atoms with Crippen molar-refractivity contribution in [3.8, 4) is 0 Å². The molecule has 0 saturated carbocycles. The monoisotopic (exact) mass is 407 g/mol. The largest absolute Gasteiger partial charge is 0.381 e. The van der Waals surface area contributed by atoms with Crippen LogP contribution in [0.25, 0.3) is 10.8 Å². The van der Waals surface area contributed by atoms with Gasteiger partial charge in [0.05, 0.1) is 0 Å². The van der Waals surface area contributed by atoms with Crippen molar-refractivity contribution in [2.24, 2.45) is 0 Å². The first-order chi connectivity index (χ1) is 10.1. The average molecular weight is 409 g/mol. The fraction of sp³-hybridized carbons (Fsp3) is 0.0588. The van der Waals surface area contributed by atoms with Gasteiger partial charge in [-0.2, -0.15) is 0 Å². The SMILES string of the molecule is Fc1ccc(CNc2ccc3cc(Br)ccc3c2)c(Br)c1. The fourth-order valence-corrected chi connectivity index (χ4v) is 3.06. The van der Waals surface area contributed by atoms with E-state index in [1.165, 1.54) is 22.9 Å². The lowest BCUT2D eigenvalue weighted by atomic mass is 10.1. The second-order valence-electron chi connectivity index (χ2n) is 4.80. The second-order valence-corrected chi connectivity index (χ2v) is 6.57. The molecule has 0 aliphatic heterocycles. The molecule has 3 rings (SSSR count). The van der Waals surface area contributed by atoms with Gasteiger partial charge >= 0.3 is 0 Å². The number of halogens is 3. The molecule has 0 bridgehead atoms. The Morgan fingerprint density at radius 3 is 2.43 bits per heavy atom. The van der Waals surface area contributed by atoms with Crippen LogP contribution in [0, 0.1) is 5.82 Å². The first-order valence-electron chi connectivity index (χ1n) is 6.49. The molecular formula is C17H12Br2FN. The van der Waals surface area contributed by atoms with Crippen LogP contribution in [0.4, 0.5) is 10.1 Å². The Hall–Kier alpha value is -1.39. The Morgan fingerprint density at radius 1 is 0.857 bits per heavy atom. The zero-order valence-electron chi connectivity index (χ0n) is 11.0. The minimum absolute atomic E-state index is 0.234. The van der Waals surface area contributed by atoms with E-state index in [1.54, 1.807) is 6.07 Å². The second kappa shape index (κ2) is 6.16. The van der Waals surface area contributed by atoms with Crippen LogP contribution in [-0.4, -0.2) is 0 Å². The van der Waals surface area contributed by atoms with E-state index in [-0.39, 0.29) is 5.82 Å². The standard InChI is InChI=1S/C17H12Br2FN/c18-14-4-1-12-8-16(6-3-11(12)7-14)21-10-13-2-5-15(20)9-17(13)19/h1-9,21H,10H2. The lowest BCUT2D eigenvalue weighted by Gasteiger charge is -2.09. The van der Waals surface area contributed by atoms with Gasteiger partial charge in [0, 0.05) is 21.2 Å². The maximum absolute atomic E-state index is 13.1. The number of benzene rings is 3. The maximum atomic E-state index is 13.1. The lowest BCUT2D eigenvalue weighted by Crippen LogP contribution is -2.00. The van der Waals surface area contributed by atoms with Gasteiger partial charge in [0.1, 0.15) is 5.82 Å². The summed E-state index contributed by atoms with van der Waals surface area (Å²) in [5.74, 6) is -0.234. The predicted octanol–water partition coefficient (Wildman–Crippen LogP) is 6.12. The van der Waals surface area contributed by atoms with Crippen LogP contribution in [0.2, 0.25) is 0 Å². The molecule has 0 fully saturated rings. The van der Waals surface area contributed by atoms with Gasteiger partial charge in [-0.1, -0.05) is 50.1 Å². The highest BCUT2D eigenvalue weighted by Crippen LogP contribution is 2.24. The molecule has 0 saturated heterocycles. The molecule has 0 atom stereocenters. The molecule has 106 valence electrons. The van der Waals surface area contributed by atoms with Crippen LogP contribution in [0.5, 0.6) is 0 Å². The maximum Gasteiger partial charge on any atom is 0.124 e. The Morgan fingerprint density at radius 2 is 1.62 bits per heavy atom. The van der Waals surface area contributed by atoms with Crippen molar-refractivity contribution in [3.63, 3.8) is 0 Å². The van der Waals surface area contributed by atoms with Crippen LogP contribution in [0.1, 0.15) is 5.56 Å². The van der Waals surface area contributed by atoms with Crippen LogP contribution in [0.15, 0.2) is 63.5 Å². The molecule has 1 N–H and O–H groups in total. The van der Waals surface area contributed by atoms with E-state index in [2.05, 4.69) is 61.4 Å². The Balaban J connectivity index is 1.80. The van der Waals surface area contributed by atoms with E-state index in [1.807, 2.05) is 12.1 Å². The van der Waals surface area contributed by atoms with Gasteiger partial charge in [-0.3, -0.25) is 0 Å². The first-order valence-corrected chi connectivity index (χ1v) is 8.07. The zero-order valence-corrected chi connectivity index (χ0v) is 14.2. The topological polar surface area (TPSA) is 12.0 Å². The molecule has 0 heterocycles. The zero-order chi connectivity index (χ0) is 14.8. The highest BCUT2D eigenvalue weighted by molar-refractivity contribution is 9.10. The molecule has 3 aromatic rings. The van der Waals surface area contributed by atoms with Crippen molar-refractivity contribution in [1.82, 2.24) is 0 Å². The fourth-order valence-electron chi connectivity index (χ4n) is 2.19. The molecule has 0 radical (unpaired) electrons. The molecule has 0 unspecified atom stereocenters. The van der Waals surface area contributed by atoms with Gasteiger partial charge in [0.15, 0.2) is 0 Å². The van der Waals surface area contributed by atoms with Crippen LogP contribution >= 0.6 is 31.9 Å². The summed E-state index contributed by atoms with van der Waals surface area (Å²) >= 11 is 6.86. The van der Waals surface area contributed by atoms with Crippen LogP contribution in [-0.2, 0) is 6.54 Å². The van der Waals surface area contributed by atoms with Crippen molar-refractivity contribution in [2.45, 2.75) is 6.54 Å². The summed E-state index contributed by atoms with van der Waals surface area (Å²) in [6, 6.07) is 17.2. The summed E-state index contributed by atoms with van der Waals surface area (Å²) < 4.78 is 14.9. The summed E-state index contributed by atoms with van der Waals surface area (Å²) in [6.45, 7) is 0.642. The van der Waals surface area contributed by atoms with E-state index >= 15 is 0 Å². The molecule has 0 aromatic heterocycles. The van der Waals surface area contributed by atoms with Crippen molar-refractivity contribution in [3.05, 3.63) is 74.9 Å². The Kier molecular flexibility index (Phi) is 4.27. The van der Waals surface area contributed by atoms with Crippen LogP contribution < -0.4 is 5.32 Å². The van der Waals surface area contributed by atoms with Gasteiger partial charge in [0.2, 0.25) is 0 Å². The smallest absolute Gasteiger partial charge is 0.124 e. The van der Waals surface area contributed by atoms with Gasteiger partial charge in [-0.05, 0) is 52.7 Å². The average Bonchev–Trinajstić information content (AvgIpc) is 2.46. The predicted molar refractivity (Wildman–Crippen MR) is 93.1 cm³/mol. The van der Waals surface area contributed by atoms with Crippen LogP contribution in [0.3, 0.4) is 0 Å². The highest BCUT2D eigenvalue weighted by Gasteiger charge is 2.02. The van der Waals surface area contributed by atoms with Gasteiger partial charge < -0.3 is 5.32 Å².